The number of anilines is 1. The molecule has 8 heteroatoms. The van der Waals surface area contributed by atoms with Crippen LogP contribution in [-0.2, 0) is 4.79 Å². The Kier molecular flexibility index (Phi) is 6.57. The van der Waals surface area contributed by atoms with E-state index in [1.807, 2.05) is 50.2 Å². The number of carbonyl (C=O) groups is 1. The van der Waals surface area contributed by atoms with Crippen molar-refractivity contribution in [2.24, 2.45) is 0 Å². The van der Waals surface area contributed by atoms with Crippen LogP contribution in [0.3, 0.4) is 0 Å². The van der Waals surface area contributed by atoms with Crippen LogP contribution in [0.4, 0.5) is 5.69 Å². The second-order valence-corrected chi connectivity index (χ2v) is 9.01. The van der Waals surface area contributed by atoms with Crippen molar-refractivity contribution in [3.05, 3.63) is 73.7 Å². The van der Waals surface area contributed by atoms with Crippen molar-refractivity contribution in [3.8, 4) is 17.2 Å². The first kappa shape index (κ1) is 23.4. The van der Waals surface area contributed by atoms with Crippen LogP contribution < -0.4 is 10.1 Å². The summed E-state index contributed by atoms with van der Waals surface area (Å²) in [4.78, 5) is 17.2. The lowest BCUT2D eigenvalue weighted by Gasteiger charge is -2.16. The number of hydrogen-bond acceptors (Lipinski definition) is 4. The molecule has 1 N–H and O–H groups in total. The number of carbonyl (C=O) groups excluding carboxylic acids is 1. The molecule has 0 unspecified atom stereocenters. The third-order valence-corrected chi connectivity index (χ3v) is 6.84. The molecule has 1 aromatic heterocycles. The zero-order valence-corrected chi connectivity index (χ0v) is 20.7. The van der Waals surface area contributed by atoms with Gasteiger partial charge in [0.2, 0.25) is 5.89 Å². The number of aromatic nitrogens is 1. The molecule has 0 aliphatic carbocycles. The van der Waals surface area contributed by atoms with Gasteiger partial charge < -0.3 is 14.5 Å². The van der Waals surface area contributed by atoms with Crippen molar-refractivity contribution >= 4 is 57.5 Å². The lowest BCUT2D eigenvalue weighted by atomic mass is 10.1. The van der Waals surface area contributed by atoms with Gasteiger partial charge in [-0.05, 0) is 74.2 Å². The molecule has 0 aliphatic rings. The van der Waals surface area contributed by atoms with Gasteiger partial charge in [-0.15, -0.1) is 0 Å². The van der Waals surface area contributed by atoms with Gasteiger partial charge in [-0.3, -0.25) is 4.79 Å². The van der Waals surface area contributed by atoms with E-state index in [2.05, 4.69) is 10.3 Å². The molecule has 170 valence electrons. The second-order valence-electron chi connectivity index (χ2n) is 7.88. The minimum absolute atomic E-state index is 0.236. The first-order chi connectivity index (χ1) is 15.7. The van der Waals surface area contributed by atoms with Gasteiger partial charge in [-0.1, -0.05) is 46.9 Å². The number of benzene rings is 3. The highest BCUT2D eigenvalue weighted by Gasteiger charge is 2.19. The highest BCUT2D eigenvalue weighted by Crippen LogP contribution is 2.42. The molecule has 0 saturated heterocycles. The van der Waals surface area contributed by atoms with Gasteiger partial charge >= 0.3 is 0 Å². The number of nitrogens with zero attached hydrogens (tertiary/aromatic N) is 1. The van der Waals surface area contributed by atoms with E-state index in [0.29, 0.717) is 33.3 Å². The summed E-state index contributed by atoms with van der Waals surface area (Å²) in [6, 6.07) is 11.5. The number of nitrogens with one attached hydrogen (secondary N) is 1. The van der Waals surface area contributed by atoms with Crippen LogP contribution in [0.25, 0.3) is 22.6 Å². The normalized spacial score (nSPS) is 11.1. The third-order valence-electron chi connectivity index (χ3n) is 5.37. The fourth-order valence-corrected chi connectivity index (χ4v) is 4.23. The minimum atomic E-state index is -0.360. The molecular formula is C25H21Cl3N2O3. The topological polar surface area (TPSA) is 64.4 Å². The van der Waals surface area contributed by atoms with Crippen molar-refractivity contribution in [3.63, 3.8) is 0 Å². The number of amides is 1. The van der Waals surface area contributed by atoms with Crippen molar-refractivity contribution in [1.82, 2.24) is 4.98 Å². The zero-order chi connectivity index (χ0) is 23.9. The van der Waals surface area contributed by atoms with E-state index >= 15 is 0 Å². The van der Waals surface area contributed by atoms with Gasteiger partial charge in [0.05, 0.1) is 10.0 Å². The Balaban J connectivity index is 1.53. The molecule has 4 rings (SSSR count). The van der Waals surface area contributed by atoms with Gasteiger partial charge in [0, 0.05) is 16.3 Å². The summed E-state index contributed by atoms with van der Waals surface area (Å²) in [6.45, 7) is 7.16. The Morgan fingerprint density at radius 1 is 0.970 bits per heavy atom. The Hall–Kier alpha value is -2.73. The highest BCUT2D eigenvalue weighted by atomic mass is 35.5. The summed E-state index contributed by atoms with van der Waals surface area (Å²) in [5.41, 5.74) is 6.13. The van der Waals surface area contributed by atoms with Gasteiger partial charge in [-0.25, -0.2) is 4.98 Å². The maximum atomic E-state index is 12.6. The van der Waals surface area contributed by atoms with Gasteiger partial charge in [0.15, 0.2) is 17.9 Å². The average molecular weight is 504 g/mol. The monoisotopic (exact) mass is 502 g/mol. The highest BCUT2D eigenvalue weighted by molar-refractivity contribution is 6.42. The van der Waals surface area contributed by atoms with Crippen LogP contribution in [-0.4, -0.2) is 17.5 Å². The number of ether oxygens (including phenoxy) is 1. The number of oxazole rings is 1. The average Bonchev–Trinajstić information content (AvgIpc) is 3.21. The quantitative estimate of drug-likeness (QED) is 0.303. The lowest BCUT2D eigenvalue weighted by molar-refractivity contribution is -0.118. The standard InChI is InChI=1S/C25H21Cl3N2O3/c1-12-5-8-17-19(9-12)33-25(30-17)16-7-6-13(2)18(10-16)29-20(31)11-32-24-22(27)14(3)21(26)15(4)23(24)28/h5-10H,11H2,1-4H3,(H,29,31). The molecule has 4 aromatic rings. The molecule has 5 nitrogen and oxygen atoms in total. The SMILES string of the molecule is Cc1ccc2nc(-c3ccc(C)c(NC(=O)COc4c(Cl)c(C)c(Cl)c(C)c4Cl)c3)oc2c1. The molecule has 0 spiro atoms. The maximum Gasteiger partial charge on any atom is 0.262 e. The molecule has 0 saturated carbocycles. The molecular weight excluding hydrogens is 483 g/mol. The Morgan fingerprint density at radius 2 is 1.67 bits per heavy atom. The molecule has 0 radical (unpaired) electrons. The molecule has 0 fully saturated rings. The van der Waals surface area contributed by atoms with Crippen molar-refractivity contribution in [2.45, 2.75) is 27.7 Å². The smallest absolute Gasteiger partial charge is 0.262 e. The molecule has 0 aliphatic heterocycles. The summed E-state index contributed by atoms with van der Waals surface area (Å²) in [7, 11) is 0. The number of hydrogen-bond donors (Lipinski definition) is 1. The predicted molar refractivity (Wildman–Crippen MR) is 134 cm³/mol. The Bertz CT molecular complexity index is 1370. The molecule has 0 atom stereocenters. The van der Waals surface area contributed by atoms with Crippen LogP contribution in [0, 0.1) is 27.7 Å². The summed E-state index contributed by atoms with van der Waals surface area (Å²) < 4.78 is 11.6. The first-order valence-electron chi connectivity index (χ1n) is 10.2. The molecule has 1 heterocycles. The largest absolute Gasteiger partial charge is 0.481 e. The van der Waals surface area contributed by atoms with E-state index < -0.39 is 0 Å². The summed E-state index contributed by atoms with van der Waals surface area (Å²) in [5, 5.41) is 3.91. The lowest BCUT2D eigenvalue weighted by Crippen LogP contribution is -2.21. The third kappa shape index (κ3) is 4.67. The fourth-order valence-electron chi connectivity index (χ4n) is 3.41. The number of rotatable bonds is 5. The number of aryl methyl sites for hydroxylation is 2. The summed E-state index contributed by atoms with van der Waals surface area (Å²) >= 11 is 18.9. The summed E-state index contributed by atoms with van der Waals surface area (Å²) in [6.07, 6.45) is 0. The van der Waals surface area contributed by atoms with Crippen LogP contribution in [0.2, 0.25) is 15.1 Å². The number of fused-ring (bicyclic) bond motifs is 1. The molecule has 33 heavy (non-hydrogen) atoms. The van der Waals surface area contributed by atoms with Crippen molar-refractivity contribution < 1.29 is 13.9 Å². The van der Waals surface area contributed by atoms with E-state index in [9.17, 15) is 4.79 Å². The maximum absolute atomic E-state index is 12.6. The summed E-state index contributed by atoms with van der Waals surface area (Å²) in [5.74, 6) is 0.356. The van der Waals surface area contributed by atoms with E-state index in [-0.39, 0.29) is 28.3 Å². The minimum Gasteiger partial charge on any atom is -0.481 e. The Labute approximate surface area is 206 Å². The van der Waals surface area contributed by atoms with Crippen LogP contribution in [0.1, 0.15) is 22.3 Å². The van der Waals surface area contributed by atoms with E-state index in [0.717, 1.165) is 22.2 Å². The van der Waals surface area contributed by atoms with Gasteiger partial charge in [0.25, 0.3) is 5.91 Å². The fraction of sp³-hybridized carbons (Fsp3) is 0.200. The zero-order valence-electron chi connectivity index (χ0n) is 18.5. The van der Waals surface area contributed by atoms with Crippen LogP contribution >= 0.6 is 34.8 Å². The van der Waals surface area contributed by atoms with Gasteiger partial charge in [-0.2, -0.15) is 0 Å². The van der Waals surface area contributed by atoms with Crippen LogP contribution in [0.15, 0.2) is 40.8 Å². The molecule has 0 bridgehead atoms. The van der Waals surface area contributed by atoms with E-state index in [1.54, 1.807) is 13.8 Å². The van der Waals surface area contributed by atoms with E-state index in [4.69, 9.17) is 44.0 Å². The predicted octanol–water partition coefficient (Wildman–Crippen LogP) is 7.71. The number of halogens is 3. The second kappa shape index (κ2) is 9.26. The van der Waals surface area contributed by atoms with Crippen LogP contribution in [0.5, 0.6) is 5.75 Å². The molecule has 1 amide bonds. The van der Waals surface area contributed by atoms with E-state index in [1.165, 1.54) is 0 Å². The van der Waals surface area contributed by atoms with Crippen molar-refractivity contribution in [1.29, 1.82) is 0 Å². The Morgan fingerprint density at radius 3 is 2.36 bits per heavy atom. The first-order valence-corrected chi connectivity index (χ1v) is 11.3. The van der Waals surface area contributed by atoms with Gasteiger partial charge in [0.1, 0.15) is 5.52 Å². The molecule has 3 aromatic carbocycles. The van der Waals surface area contributed by atoms with Crippen molar-refractivity contribution in [2.75, 3.05) is 11.9 Å².